The number of aromatic nitrogens is 3. The van der Waals surface area contributed by atoms with Gasteiger partial charge >= 0.3 is 6.18 Å². The van der Waals surface area contributed by atoms with Gasteiger partial charge in [-0.2, -0.15) is 13.2 Å². The van der Waals surface area contributed by atoms with Crippen LogP contribution in [-0.4, -0.2) is 16.5 Å². The Morgan fingerprint density at radius 1 is 1.12 bits per heavy atom. The minimum Gasteiger partial charge on any atom is -0.424 e. The molecule has 0 aliphatic rings. The monoisotopic (exact) mass is 457 g/mol. The second-order valence-corrected chi connectivity index (χ2v) is 7.25. The van der Waals surface area contributed by atoms with E-state index in [1.165, 1.54) is 23.0 Å². The first kappa shape index (κ1) is 22.1. The summed E-state index contributed by atoms with van der Waals surface area (Å²) in [4.78, 5) is 12.0. The number of halogens is 3. The van der Waals surface area contributed by atoms with Gasteiger partial charge in [-0.25, -0.2) is 0 Å². The van der Waals surface area contributed by atoms with Gasteiger partial charge in [0.1, 0.15) is 5.76 Å². The van der Waals surface area contributed by atoms with E-state index in [0.717, 1.165) is 40.3 Å². The predicted molar refractivity (Wildman–Crippen MR) is 111 cm³/mol. The van der Waals surface area contributed by atoms with Crippen LogP contribution in [0.1, 0.15) is 22.6 Å². The first-order chi connectivity index (χ1) is 15.7. The summed E-state index contributed by atoms with van der Waals surface area (Å²) in [7, 11) is 0. The molecule has 2 heterocycles. The van der Waals surface area contributed by atoms with Gasteiger partial charge < -0.3 is 19.7 Å². The first-order valence-electron chi connectivity index (χ1n) is 9.77. The maximum Gasteiger partial charge on any atom is 0.416 e. The molecule has 1 N–H and O–H groups in total. The molecule has 0 saturated heterocycles. The topological polar surface area (TPSA) is 99.1 Å². The largest absolute Gasteiger partial charge is 0.424 e. The number of urea groups is 1. The van der Waals surface area contributed by atoms with Crippen LogP contribution >= 0.6 is 0 Å². The predicted octanol–water partition coefficient (Wildman–Crippen LogP) is 5.54. The number of nitrogens with one attached hydrogen (secondary N) is 1. The molecule has 0 aliphatic heterocycles. The smallest absolute Gasteiger partial charge is 0.416 e. The Bertz CT molecular complexity index is 1260. The van der Waals surface area contributed by atoms with Crippen LogP contribution in [0, 0.1) is 13.8 Å². The fourth-order valence-electron chi connectivity index (χ4n) is 3.28. The molecule has 0 bridgehead atoms. The van der Waals surface area contributed by atoms with Crippen LogP contribution in [-0.2, 0) is 12.7 Å². The molecule has 33 heavy (non-hydrogen) atoms. The first-order valence-corrected chi connectivity index (χ1v) is 9.77. The number of rotatable bonds is 5. The van der Waals surface area contributed by atoms with Gasteiger partial charge in [-0.1, -0.05) is 47.6 Å². The Morgan fingerprint density at radius 3 is 2.55 bits per heavy atom. The minimum atomic E-state index is -4.51. The molecule has 0 unspecified atom stereocenters. The van der Waals surface area contributed by atoms with Crippen LogP contribution in [0.5, 0.6) is 0 Å². The number of benzene rings is 2. The van der Waals surface area contributed by atoms with Gasteiger partial charge in [-0.05, 0) is 35.8 Å². The van der Waals surface area contributed by atoms with Crippen LogP contribution in [0.4, 0.5) is 29.5 Å². The number of anilines is 1. The lowest BCUT2D eigenvalue weighted by molar-refractivity contribution is -0.754. The number of carbonyl (C=O) groups excluding carboxylic acids is 1. The molecule has 0 fully saturated rings. The Hall–Kier alpha value is -4.15. The summed E-state index contributed by atoms with van der Waals surface area (Å²) in [6, 6.07) is 11.1. The van der Waals surface area contributed by atoms with E-state index >= 15 is 0 Å². The van der Waals surface area contributed by atoms with Gasteiger partial charge in [-0.15, -0.1) is 0 Å². The Balaban J connectivity index is 1.37. The van der Waals surface area contributed by atoms with Crippen molar-refractivity contribution in [2.75, 3.05) is 5.32 Å². The molecule has 8 nitrogen and oxygen atoms in total. The highest BCUT2D eigenvalue weighted by atomic mass is 19.4. The number of amides is 2. The Morgan fingerprint density at radius 2 is 1.88 bits per heavy atom. The summed E-state index contributed by atoms with van der Waals surface area (Å²) in [5.41, 5.74) is 2.73. The molecule has 170 valence electrons. The van der Waals surface area contributed by atoms with E-state index in [2.05, 4.69) is 21.1 Å². The standard InChI is InChI=1S/C22H18F3N5O3/c1-13-20(14(2)32-28-13)16-8-6-15(7-9-16)11-30-12-19(33-29-30)27-21(31)26-18-5-3-4-17(10-18)22(23,24)25/h3-10,12H,11H2,1-2H3,(H-,26,27,29,31). The van der Waals surface area contributed by atoms with Crippen LogP contribution in [0.15, 0.2) is 63.8 Å². The van der Waals surface area contributed by atoms with Crippen molar-refractivity contribution in [3.63, 3.8) is 0 Å². The average Bonchev–Trinajstić information content (AvgIpc) is 3.33. The lowest BCUT2D eigenvalue weighted by Gasteiger charge is -2.15. The van der Waals surface area contributed by atoms with E-state index in [9.17, 15) is 18.0 Å². The third-order valence-electron chi connectivity index (χ3n) is 4.77. The zero-order valence-corrected chi connectivity index (χ0v) is 17.6. The van der Waals surface area contributed by atoms with Crippen molar-refractivity contribution in [1.29, 1.82) is 0 Å². The van der Waals surface area contributed by atoms with Crippen LogP contribution in [0.2, 0.25) is 0 Å². The molecule has 2 aromatic heterocycles. The van der Waals surface area contributed by atoms with E-state index in [4.69, 9.17) is 9.05 Å². The Kier molecular flexibility index (Phi) is 5.86. The summed E-state index contributed by atoms with van der Waals surface area (Å²) in [5.74, 6) is 0.646. The molecular formula is C22H18F3N5O3. The molecule has 4 aromatic rings. The molecule has 0 radical (unpaired) electrons. The van der Waals surface area contributed by atoms with Gasteiger partial charge in [0.25, 0.3) is 0 Å². The fourth-order valence-corrected chi connectivity index (χ4v) is 3.28. The quantitative estimate of drug-likeness (QED) is 0.397. The molecular weight excluding hydrogens is 439 g/mol. The van der Waals surface area contributed by atoms with Crippen molar-refractivity contribution < 1.29 is 31.7 Å². The maximum atomic E-state index is 12.8. The third-order valence-corrected chi connectivity index (χ3v) is 4.77. The summed E-state index contributed by atoms with van der Waals surface area (Å²) in [6.45, 7) is 4.08. The molecule has 0 aliphatic carbocycles. The van der Waals surface area contributed by atoms with Crippen molar-refractivity contribution in [3.05, 3.63) is 82.6 Å². The maximum absolute atomic E-state index is 12.8. The SMILES string of the molecule is Cc1noc(C)c1-c1ccc(C[n+]2cc([N-]C(=O)Nc3cccc(C(F)(F)F)c3)on2)cc1. The third kappa shape index (κ3) is 5.20. The lowest BCUT2D eigenvalue weighted by atomic mass is 10.0. The van der Waals surface area contributed by atoms with Gasteiger partial charge in [-0.3, -0.25) is 4.79 Å². The van der Waals surface area contributed by atoms with E-state index < -0.39 is 17.8 Å². The van der Waals surface area contributed by atoms with Crippen LogP contribution < -0.4 is 10.00 Å². The summed E-state index contributed by atoms with van der Waals surface area (Å²) >= 11 is 0. The molecule has 4 rings (SSSR count). The number of hydrogen-bond donors (Lipinski definition) is 1. The Labute approximate surface area is 186 Å². The van der Waals surface area contributed by atoms with Gasteiger partial charge in [0.05, 0.1) is 11.3 Å². The van der Waals surface area contributed by atoms with Crippen molar-refractivity contribution >= 4 is 17.6 Å². The van der Waals surface area contributed by atoms with Gasteiger partial charge in [0, 0.05) is 11.1 Å². The zero-order chi connectivity index (χ0) is 23.6. The highest BCUT2D eigenvalue weighted by molar-refractivity contribution is 6.03. The van der Waals surface area contributed by atoms with E-state index in [0.29, 0.717) is 6.54 Å². The highest BCUT2D eigenvalue weighted by Gasteiger charge is 2.30. The second-order valence-electron chi connectivity index (χ2n) is 7.25. The van der Waals surface area contributed by atoms with E-state index in [1.807, 2.05) is 38.1 Å². The van der Waals surface area contributed by atoms with Crippen molar-refractivity contribution in [1.82, 2.24) is 10.4 Å². The summed E-state index contributed by atoms with van der Waals surface area (Å²) in [5, 5.41) is 13.7. The normalized spacial score (nSPS) is 11.4. The molecule has 11 heteroatoms. The number of aryl methyl sites for hydroxylation is 2. The summed E-state index contributed by atoms with van der Waals surface area (Å²) in [6.07, 6.45) is -3.10. The van der Waals surface area contributed by atoms with Gasteiger partial charge in [0.15, 0.2) is 11.3 Å². The van der Waals surface area contributed by atoms with Gasteiger partial charge in [0.2, 0.25) is 18.6 Å². The highest BCUT2D eigenvalue weighted by Crippen LogP contribution is 2.31. The molecule has 0 saturated carbocycles. The molecule has 0 spiro atoms. The zero-order valence-electron chi connectivity index (χ0n) is 17.6. The van der Waals surface area contributed by atoms with Crippen molar-refractivity contribution in [3.8, 4) is 11.1 Å². The van der Waals surface area contributed by atoms with E-state index in [1.54, 1.807) is 0 Å². The fraction of sp³-hybridized carbons (Fsp3) is 0.182. The molecule has 2 aromatic carbocycles. The van der Waals surface area contributed by atoms with Crippen molar-refractivity contribution in [2.45, 2.75) is 26.6 Å². The second kappa shape index (κ2) is 8.77. The molecule has 0 atom stereocenters. The number of nitrogens with zero attached hydrogens (tertiary/aromatic N) is 4. The van der Waals surface area contributed by atoms with E-state index in [-0.39, 0.29) is 11.6 Å². The van der Waals surface area contributed by atoms with Crippen LogP contribution in [0.3, 0.4) is 0 Å². The van der Waals surface area contributed by atoms with Crippen molar-refractivity contribution in [2.24, 2.45) is 0 Å². The number of hydrogen-bond acceptors (Lipinski definition) is 5. The lowest BCUT2D eigenvalue weighted by Crippen LogP contribution is -2.35. The molecule has 2 amide bonds. The minimum absolute atomic E-state index is 0.0376. The average molecular weight is 457 g/mol. The number of alkyl halides is 3. The van der Waals surface area contributed by atoms with Crippen LogP contribution in [0.25, 0.3) is 16.4 Å². The summed E-state index contributed by atoms with van der Waals surface area (Å²) < 4.78 is 50.0. The number of carbonyl (C=O) groups is 1.